The standard InChI is InChI=1S/C16H26N2O2/c1-4-19-15-9-14(16(15)6-5-7-16)17-10-12-8-13(11(2)3)18-20-12/h8,11,14-15,17H,4-7,9-10H2,1-3H3/t14-,15+/m1/s1. The van der Waals surface area contributed by atoms with E-state index in [0.29, 0.717) is 23.5 Å². The van der Waals surface area contributed by atoms with Crippen LogP contribution in [0.1, 0.15) is 63.8 Å². The highest BCUT2D eigenvalue weighted by Gasteiger charge is 2.58. The first-order chi connectivity index (χ1) is 9.65. The van der Waals surface area contributed by atoms with E-state index in [4.69, 9.17) is 9.26 Å². The minimum absolute atomic E-state index is 0.414. The fourth-order valence-electron chi connectivity index (χ4n) is 3.63. The molecule has 0 unspecified atom stereocenters. The average Bonchev–Trinajstić information content (AvgIpc) is 2.79. The van der Waals surface area contributed by atoms with Crippen LogP contribution in [0.15, 0.2) is 10.6 Å². The predicted octanol–water partition coefficient (Wildman–Crippen LogP) is 3.24. The van der Waals surface area contributed by atoms with E-state index in [1.807, 2.05) is 0 Å². The zero-order chi connectivity index (χ0) is 14.2. The topological polar surface area (TPSA) is 47.3 Å². The molecule has 3 rings (SSSR count). The summed E-state index contributed by atoms with van der Waals surface area (Å²) in [6.45, 7) is 7.98. The number of aromatic nitrogens is 1. The summed E-state index contributed by atoms with van der Waals surface area (Å²) in [6.07, 6.45) is 5.58. The van der Waals surface area contributed by atoms with Gasteiger partial charge in [-0.15, -0.1) is 0 Å². The van der Waals surface area contributed by atoms with Crippen LogP contribution in [0.5, 0.6) is 0 Å². The number of hydrogen-bond donors (Lipinski definition) is 1. The van der Waals surface area contributed by atoms with E-state index in [0.717, 1.165) is 31.0 Å². The van der Waals surface area contributed by atoms with Crippen molar-refractivity contribution in [2.45, 2.75) is 71.1 Å². The Morgan fingerprint density at radius 3 is 2.85 bits per heavy atom. The molecule has 1 heterocycles. The summed E-state index contributed by atoms with van der Waals surface area (Å²) < 4.78 is 11.3. The zero-order valence-corrected chi connectivity index (χ0v) is 12.8. The van der Waals surface area contributed by atoms with E-state index in [-0.39, 0.29) is 0 Å². The lowest BCUT2D eigenvalue weighted by atomic mass is 9.51. The average molecular weight is 278 g/mol. The van der Waals surface area contributed by atoms with Crippen molar-refractivity contribution >= 4 is 0 Å². The molecule has 2 fully saturated rings. The molecule has 1 aromatic heterocycles. The van der Waals surface area contributed by atoms with Crippen LogP contribution in [0, 0.1) is 5.41 Å². The molecular weight excluding hydrogens is 252 g/mol. The molecule has 112 valence electrons. The maximum atomic E-state index is 5.88. The predicted molar refractivity (Wildman–Crippen MR) is 77.5 cm³/mol. The van der Waals surface area contributed by atoms with Crippen molar-refractivity contribution in [3.8, 4) is 0 Å². The van der Waals surface area contributed by atoms with Gasteiger partial charge in [0.1, 0.15) is 0 Å². The van der Waals surface area contributed by atoms with Crippen molar-refractivity contribution in [3.05, 3.63) is 17.5 Å². The molecule has 1 spiro atoms. The number of nitrogens with zero attached hydrogens (tertiary/aromatic N) is 1. The van der Waals surface area contributed by atoms with Crippen molar-refractivity contribution in [1.82, 2.24) is 10.5 Å². The Balaban J connectivity index is 1.54. The van der Waals surface area contributed by atoms with E-state index in [1.165, 1.54) is 19.3 Å². The lowest BCUT2D eigenvalue weighted by molar-refractivity contribution is -0.173. The van der Waals surface area contributed by atoms with Gasteiger partial charge in [-0.1, -0.05) is 25.4 Å². The molecule has 2 saturated carbocycles. The third-order valence-corrected chi connectivity index (χ3v) is 5.13. The lowest BCUT2D eigenvalue weighted by Crippen LogP contribution is -2.66. The van der Waals surface area contributed by atoms with Gasteiger partial charge in [0.2, 0.25) is 0 Å². The molecule has 0 saturated heterocycles. The molecule has 1 N–H and O–H groups in total. The van der Waals surface area contributed by atoms with Crippen LogP contribution in [0.2, 0.25) is 0 Å². The molecule has 2 aliphatic rings. The molecule has 20 heavy (non-hydrogen) atoms. The van der Waals surface area contributed by atoms with E-state index in [9.17, 15) is 0 Å². The summed E-state index contributed by atoms with van der Waals surface area (Å²) >= 11 is 0. The molecule has 0 aromatic carbocycles. The molecule has 2 aliphatic carbocycles. The molecule has 0 amide bonds. The van der Waals surface area contributed by atoms with Gasteiger partial charge in [0.05, 0.1) is 18.3 Å². The highest BCUT2D eigenvalue weighted by Crippen LogP contribution is 2.57. The first kappa shape index (κ1) is 14.1. The second kappa shape index (κ2) is 5.49. The third kappa shape index (κ3) is 2.29. The van der Waals surface area contributed by atoms with Crippen LogP contribution in [-0.2, 0) is 11.3 Å². The molecular formula is C16H26N2O2. The van der Waals surface area contributed by atoms with Gasteiger partial charge in [-0.25, -0.2) is 0 Å². The largest absolute Gasteiger partial charge is 0.378 e. The molecule has 0 radical (unpaired) electrons. The minimum Gasteiger partial charge on any atom is -0.378 e. The van der Waals surface area contributed by atoms with Crippen LogP contribution in [0.25, 0.3) is 0 Å². The van der Waals surface area contributed by atoms with E-state index >= 15 is 0 Å². The van der Waals surface area contributed by atoms with Gasteiger partial charge in [0.15, 0.2) is 5.76 Å². The number of ether oxygens (including phenoxy) is 1. The Bertz CT molecular complexity index is 451. The smallest absolute Gasteiger partial charge is 0.150 e. The molecule has 0 aliphatic heterocycles. The summed E-state index contributed by atoms with van der Waals surface area (Å²) in [4.78, 5) is 0. The van der Waals surface area contributed by atoms with Crippen molar-refractivity contribution < 1.29 is 9.26 Å². The Labute approximate surface area is 121 Å². The van der Waals surface area contributed by atoms with Crippen LogP contribution in [0.3, 0.4) is 0 Å². The first-order valence-corrected chi connectivity index (χ1v) is 7.96. The number of hydrogen-bond acceptors (Lipinski definition) is 4. The van der Waals surface area contributed by atoms with Gasteiger partial charge in [-0.3, -0.25) is 0 Å². The fourth-order valence-corrected chi connectivity index (χ4v) is 3.63. The van der Waals surface area contributed by atoms with Crippen LogP contribution >= 0.6 is 0 Å². The second-order valence-electron chi connectivity index (χ2n) is 6.57. The fraction of sp³-hybridized carbons (Fsp3) is 0.812. The molecule has 4 heteroatoms. The van der Waals surface area contributed by atoms with Crippen LogP contribution < -0.4 is 5.32 Å². The third-order valence-electron chi connectivity index (χ3n) is 5.13. The second-order valence-corrected chi connectivity index (χ2v) is 6.57. The van der Waals surface area contributed by atoms with Gasteiger partial charge < -0.3 is 14.6 Å². The summed E-state index contributed by atoms with van der Waals surface area (Å²) in [5.41, 5.74) is 1.46. The van der Waals surface area contributed by atoms with E-state index < -0.39 is 0 Å². The van der Waals surface area contributed by atoms with E-state index in [1.54, 1.807) is 0 Å². The Hall–Kier alpha value is -0.870. The minimum atomic E-state index is 0.414. The molecule has 2 atom stereocenters. The van der Waals surface area contributed by atoms with Gasteiger partial charge in [-0.05, 0) is 32.1 Å². The highest BCUT2D eigenvalue weighted by atomic mass is 16.5. The van der Waals surface area contributed by atoms with E-state index in [2.05, 4.69) is 37.3 Å². The summed E-state index contributed by atoms with van der Waals surface area (Å²) in [5, 5.41) is 7.77. The molecule has 0 bridgehead atoms. The van der Waals surface area contributed by atoms with Crippen molar-refractivity contribution in [3.63, 3.8) is 0 Å². The maximum Gasteiger partial charge on any atom is 0.150 e. The SMILES string of the molecule is CCO[C@H]1C[C@@H](NCc2cc(C(C)C)no2)C12CCC2. The first-order valence-electron chi connectivity index (χ1n) is 7.96. The van der Waals surface area contributed by atoms with Crippen molar-refractivity contribution in [2.24, 2.45) is 5.41 Å². The summed E-state index contributed by atoms with van der Waals surface area (Å²) in [7, 11) is 0. The van der Waals surface area contributed by atoms with Gasteiger partial charge in [0.25, 0.3) is 0 Å². The van der Waals surface area contributed by atoms with Crippen LogP contribution in [-0.4, -0.2) is 23.9 Å². The normalized spacial score (nSPS) is 27.6. The Kier molecular flexibility index (Phi) is 3.87. The monoisotopic (exact) mass is 278 g/mol. The van der Waals surface area contributed by atoms with Gasteiger partial charge in [0, 0.05) is 24.1 Å². The van der Waals surface area contributed by atoms with Gasteiger partial charge >= 0.3 is 0 Å². The Morgan fingerprint density at radius 1 is 1.50 bits per heavy atom. The van der Waals surface area contributed by atoms with Crippen molar-refractivity contribution in [1.29, 1.82) is 0 Å². The number of nitrogens with one attached hydrogen (secondary N) is 1. The van der Waals surface area contributed by atoms with Gasteiger partial charge in [-0.2, -0.15) is 0 Å². The molecule has 1 aromatic rings. The number of rotatable bonds is 6. The zero-order valence-electron chi connectivity index (χ0n) is 12.8. The van der Waals surface area contributed by atoms with Crippen LogP contribution in [0.4, 0.5) is 0 Å². The molecule has 4 nitrogen and oxygen atoms in total. The lowest BCUT2D eigenvalue weighted by Gasteiger charge is -2.61. The quantitative estimate of drug-likeness (QED) is 0.868. The summed E-state index contributed by atoms with van der Waals surface area (Å²) in [6, 6.07) is 2.66. The summed E-state index contributed by atoms with van der Waals surface area (Å²) in [5.74, 6) is 1.37. The Morgan fingerprint density at radius 2 is 2.30 bits per heavy atom. The maximum absolute atomic E-state index is 5.88. The van der Waals surface area contributed by atoms with Crippen molar-refractivity contribution in [2.75, 3.05) is 6.61 Å². The highest BCUT2D eigenvalue weighted by molar-refractivity contribution is 5.14.